The van der Waals surface area contributed by atoms with Gasteiger partial charge in [0.2, 0.25) is 0 Å². The Hall–Kier alpha value is -5.08. The monoisotopic (exact) mass is 500 g/mol. The number of benzene rings is 7. The molecular weight excluding hydrogens is 472 g/mol. The van der Waals surface area contributed by atoms with Crippen LogP contribution in [0.4, 0.5) is 28.4 Å². The maximum absolute atomic E-state index is 3.69. The van der Waals surface area contributed by atoms with Crippen LogP contribution in [-0.4, -0.2) is 0 Å². The first-order chi connectivity index (χ1) is 19.3. The van der Waals surface area contributed by atoms with Gasteiger partial charge in [0.15, 0.2) is 0 Å². The number of rotatable bonds is 5. The van der Waals surface area contributed by atoms with Crippen LogP contribution in [0.15, 0.2) is 146 Å². The van der Waals surface area contributed by atoms with E-state index in [2.05, 4.69) is 157 Å². The maximum atomic E-state index is 3.69. The van der Waals surface area contributed by atoms with E-state index in [0.29, 0.717) is 0 Å². The largest absolute Gasteiger partial charge is 0.355 e. The second-order valence-electron chi connectivity index (χ2n) is 10.0. The van der Waals surface area contributed by atoms with Crippen LogP contribution in [0, 0.1) is 6.92 Å². The van der Waals surface area contributed by atoms with Crippen LogP contribution in [0.25, 0.3) is 32.3 Å². The molecule has 39 heavy (non-hydrogen) atoms. The van der Waals surface area contributed by atoms with Crippen molar-refractivity contribution in [3.8, 4) is 0 Å². The Labute approximate surface area is 228 Å². The van der Waals surface area contributed by atoms with Crippen molar-refractivity contribution in [2.75, 3.05) is 10.2 Å². The van der Waals surface area contributed by atoms with Crippen molar-refractivity contribution in [3.63, 3.8) is 0 Å². The third kappa shape index (κ3) is 4.17. The third-order valence-corrected chi connectivity index (χ3v) is 7.46. The van der Waals surface area contributed by atoms with Gasteiger partial charge in [-0.25, -0.2) is 0 Å². The summed E-state index contributed by atoms with van der Waals surface area (Å²) < 4.78 is 0. The molecule has 0 atom stereocenters. The van der Waals surface area contributed by atoms with Crippen molar-refractivity contribution < 1.29 is 0 Å². The van der Waals surface area contributed by atoms with Gasteiger partial charge in [0.05, 0.1) is 5.69 Å². The maximum Gasteiger partial charge on any atom is 0.0546 e. The molecule has 186 valence electrons. The Morgan fingerprint density at radius 1 is 0.436 bits per heavy atom. The van der Waals surface area contributed by atoms with Crippen LogP contribution in [0.3, 0.4) is 0 Å². The van der Waals surface area contributed by atoms with Crippen molar-refractivity contribution >= 4 is 60.8 Å². The highest BCUT2D eigenvalue weighted by Crippen LogP contribution is 2.45. The van der Waals surface area contributed by atoms with E-state index in [4.69, 9.17) is 0 Å². The molecule has 0 unspecified atom stereocenters. The van der Waals surface area contributed by atoms with Gasteiger partial charge in [0.25, 0.3) is 0 Å². The van der Waals surface area contributed by atoms with Gasteiger partial charge in [-0.3, -0.25) is 0 Å². The van der Waals surface area contributed by atoms with E-state index in [-0.39, 0.29) is 0 Å². The first kappa shape index (κ1) is 23.1. The van der Waals surface area contributed by atoms with Crippen molar-refractivity contribution in [1.29, 1.82) is 0 Å². The molecule has 0 amide bonds. The van der Waals surface area contributed by atoms with Gasteiger partial charge in [-0.2, -0.15) is 0 Å². The third-order valence-electron chi connectivity index (χ3n) is 7.46. The topological polar surface area (TPSA) is 15.3 Å². The fourth-order valence-corrected chi connectivity index (χ4v) is 5.60. The predicted molar refractivity (Wildman–Crippen MR) is 168 cm³/mol. The summed E-state index contributed by atoms with van der Waals surface area (Å²) in [6.45, 7) is 2.13. The first-order valence-electron chi connectivity index (χ1n) is 13.4. The van der Waals surface area contributed by atoms with E-state index in [0.717, 1.165) is 22.7 Å². The second kappa shape index (κ2) is 9.66. The highest BCUT2D eigenvalue weighted by atomic mass is 15.1. The number of hydrogen-bond acceptors (Lipinski definition) is 2. The van der Waals surface area contributed by atoms with E-state index < -0.39 is 0 Å². The van der Waals surface area contributed by atoms with Gasteiger partial charge in [0, 0.05) is 33.5 Å². The molecule has 2 nitrogen and oxygen atoms in total. The van der Waals surface area contributed by atoms with Crippen LogP contribution < -0.4 is 10.2 Å². The van der Waals surface area contributed by atoms with Crippen molar-refractivity contribution in [3.05, 3.63) is 151 Å². The highest BCUT2D eigenvalue weighted by molar-refractivity contribution is 6.24. The average Bonchev–Trinajstić information content (AvgIpc) is 3.00. The molecule has 0 bridgehead atoms. The molecule has 0 aliphatic heterocycles. The molecule has 2 heteroatoms. The summed E-state index contributed by atoms with van der Waals surface area (Å²) >= 11 is 0. The molecule has 7 aromatic rings. The van der Waals surface area contributed by atoms with Gasteiger partial charge in [0.1, 0.15) is 0 Å². The Kier molecular flexibility index (Phi) is 5.71. The lowest BCUT2D eigenvalue weighted by atomic mass is 9.94. The number of fused-ring (bicyclic) bond motifs is 5. The van der Waals surface area contributed by atoms with Crippen LogP contribution in [0.2, 0.25) is 0 Å². The molecule has 0 radical (unpaired) electrons. The first-order valence-corrected chi connectivity index (χ1v) is 13.4. The van der Waals surface area contributed by atoms with E-state index in [9.17, 15) is 0 Å². The molecule has 0 aliphatic rings. The molecule has 0 saturated heterocycles. The molecule has 0 aromatic heterocycles. The van der Waals surface area contributed by atoms with Crippen molar-refractivity contribution in [2.24, 2.45) is 0 Å². The van der Waals surface area contributed by atoms with Gasteiger partial charge >= 0.3 is 0 Å². The Balaban J connectivity index is 1.55. The number of aryl methyl sites for hydroxylation is 1. The molecule has 0 spiro atoms. The van der Waals surface area contributed by atoms with Gasteiger partial charge < -0.3 is 10.2 Å². The van der Waals surface area contributed by atoms with Gasteiger partial charge in [-0.05, 0) is 77.0 Å². The lowest BCUT2D eigenvalue weighted by Gasteiger charge is -2.28. The summed E-state index contributed by atoms with van der Waals surface area (Å²) in [4.78, 5) is 2.38. The molecule has 7 aromatic carbocycles. The molecule has 0 saturated carbocycles. The standard InChI is InChI=1S/C37H28N2/c1-26-20-22-29(23-21-26)39(28-14-6-3-7-15-28)37-25-35-30-16-8-10-18-32(30)36(38-27-12-4-2-5-13-27)24-34(35)31-17-9-11-19-33(31)37/h2-25,38H,1H3. The van der Waals surface area contributed by atoms with Crippen molar-refractivity contribution in [2.45, 2.75) is 6.92 Å². The summed E-state index contributed by atoms with van der Waals surface area (Å²) in [6.07, 6.45) is 0. The van der Waals surface area contributed by atoms with E-state index in [1.165, 1.54) is 43.6 Å². The summed E-state index contributed by atoms with van der Waals surface area (Å²) in [6, 6.07) is 52.0. The Bertz CT molecular complexity index is 1930. The van der Waals surface area contributed by atoms with Crippen LogP contribution in [0.5, 0.6) is 0 Å². The zero-order valence-electron chi connectivity index (χ0n) is 21.8. The minimum Gasteiger partial charge on any atom is -0.355 e. The fraction of sp³-hybridized carbons (Fsp3) is 0.0270. The predicted octanol–water partition coefficient (Wildman–Crippen LogP) is 10.7. The number of nitrogens with one attached hydrogen (secondary N) is 1. The molecule has 0 fully saturated rings. The lowest BCUT2D eigenvalue weighted by molar-refractivity contribution is 1.29. The smallest absolute Gasteiger partial charge is 0.0546 e. The van der Waals surface area contributed by atoms with Gasteiger partial charge in [-0.1, -0.05) is 103 Å². The van der Waals surface area contributed by atoms with E-state index in [1.54, 1.807) is 0 Å². The molecule has 1 N–H and O–H groups in total. The molecular formula is C37H28N2. The highest BCUT2D eigenvalue weighted by Gasteiger charge is 2.19. The molecule has 0 heterocycles. The number of hydrogen-bond donors (Lipinski definition) is 1. The Morgan fingerprint density at radius 2 is 0.949 bits per heavy atom. The van der Waals surface area contributed by atoms with Crippen LogP contribution in [-0.2, 0) is 0 Å². The second-order valence-corrected chi connectivity index (χ2v) is 10.0. The molecule has 7 rings (SSSR count). The van der Waals surface area contributed by atoms with Gasteiger partial charge in [-0.15, -0.1) is 0 Å². The van der Waals surface area contributed by atoms with E-state index in [1.807, 2.05) is 6.07 Å². The number of para-hydroxylation sites is 2. The van der Waals surface area contributed by atoms with Crippen LogP contribution >= 0.6 is 0 Å². The molecule has 0 aliphatic carbocycles. The summed E-state index contributed by atoms with van der Waals surface area (Å²) in [5.41, 5.74) is 6.89. The minimum atomic E-state index is 1.08. The zero-order chi connectivity index (χ0) is 26.2. The summed E-state index contributed by atoms with van der Waals surface area (Å²) in [7, 11) is 0. The lowest BCUT2D eigenvalue weighted by Crippen LogP contribution is -2.10. The number of anilines is 5. The Morgan fingerprint density at radius 3 is 1.64 bits per heavy atom. The summed E-state index contributed by atoms with van der Waals surface area (Å²) in [5.74, 6) is 0. The SMILES string of the molecule is Cc1ccc(N(c2ccccc2)c2cc3c4ccccc4c(Nc4ccccc4)cc3c3ccccc23)cc1. The van der Waals surface area contributed by atoms with Crippen LogP contribution in [0.1, 0.15) is 5.56 Å². The van der Waals surface area contributed by atoms with E-state index >= 15 is 0 Å². The number of nitrogens with zero attached hydrogens (tertiary/aromatic N) is 1. The average molecular weight is 501 g/mol. The quantitative estimate of drug-likeness (QED) is 0.236. The fourth-order valence-electron chi connectivity index (χ4n) is 5.60. The summed E-state index contributed by atoms with van der Waals surface area (Å²) in [5, 5.41) is 11.1. The van der Waals surface area contributed by atoms with Crippen molar-refractivity contribution in [1.82, 2.24) is 0 Å². The minimum absolute atomic E-state index is 1.08. The normalized spacial score (nSPS) is 11.2. The zero-order valence-corrected chi connectivity index (χ0v) is 21.8.